The third kappa shape index (κ3) is 8.52. The van der Waals surface area contributed by atoms with E-state index in [1.54, 1.807) is 19.2 Å². The van der Waals surface area contributed by atoms with E-state index in [4.69, 9.17) is 9.47 Å². The number of nitrogens with zero attached hydrogens (tertiary/aromatic N) is 2. The van der Waals surface area contributed by atoms with Crippen molar-refractivity contribution in [2.45, 2.75) is 19.9 Å². The average Bonchev–Trinajstić information content (AvgIpc) is 2.53. The number of nitrogens with one attached hydrogen (secondary N) is 1. The number of rotatable bonds is 10. The molecule has 6 heteroatoms. The van der Waals surface area contributed by atoms with Gasteiger partial charge in [0.2, 0.25) is 0 Å². The Balaban J connectivity index is 2.43. The van der Waals surface area contributed by atoms with Gasteiger partial charge in [0.05, 0.1) is 13.2 Å². The molecule has 1 N–H and O–H groups in total. The topological polar surface area (TPSA) is 46.1 Å². The van der Waals surface area contributed by atoms with Crippen molar-refractivity contribution < 1.29 is 13.9 Å². The number of benzene rings is 1. The van der Waals surface area contributed by atoms with Crippen LogP contribution in [0.5, 0.6) is 0 Å². The largest absolute Gasteiger partial charge is 0.382 e. The first-order chi connectivity index (χ1) is 11.2. The van der Waals surface area contributed by atoms with Crippen LogP contribution in [0.3, 0.4) is 0 Å². The fraction of sp³-hybridized carbons (Fsp3) is 0.588. The Labute approximate surface area is 138 Å². The first-order valence-electron chi connectivity index (χ1n) is 7.98. The summed E-state index contributed by atoms with van der Waals surface area (Å²) in [5, 5.41) is 3.25. The van der Waals surface area contributed by atoms with Gasteiger partial charge < -0.3 is 19.7 Å². The van der Waals surface area contributed by atoms with Crippen molar-refractivity contribution in [2.24, 2.45) is 4.99 Å². The molecule has 0 fully saturated rings. The van der Waals surface area contributed by atoms with Gasteiger partial charge in [-0.2, -0.15) is 0 Å². The Hall–Kier alpha value is -1.66. The van der Waals surface area contributed by atoms with E-state index >= 15 is 0 Å². The highest BCUT2D eigenvalue weighted by Gasteiger charge is 2.06. The van der Waals surface area contributed by atoms with Gasteiger partial charge in [-0.3, -0.25) is 4.99 Å². The second kappa shape index (κ2) is 11.8. The maximum atomic E-state index is 13.3. The van der Waals surface area contributed by atoms with Gasteiger partial charge in [-0.15, -0.1) is 0 Å². The zero-order valence-corrected chi connectivity index (χ0v) is 14.3. The van der Waals surface area contributed by atoms with Gasteiger partial charge in [0.1, 0.15) is 5.82 Å². The molecule has 0 radical (unpaired) electrons. The number of methoxy groups -OCH3 is 1. The Morgan fingerprint density at radius 1 is 1.30 bits per heavy atom. The summed E-state index contributed by atoms with van der Waals surface area (Å²) in [4.78, 5) is 6.57. The molecule has 5 nitrogen and oxygen atoms in total. The number of ether oxygens (including phenoxy) is 2. The lowest BCUT2D eigenvalue weighted by atomic mass is 10.2. The summed E-state index contributed by atoms with van der Waals surface area (Å²) in [6, 6.07) is 6.63. The van der Waals surface area contributed by atoms with E-state index in [0.717, 1.165) is 24.5 Å². The summed E-state index contributed by atoms with van der Waals surface area (Å²) >= 11 is 0. The zero-order chi connectivity index (χ0) is 16.9. The highest BCUT2D eigenvalue weighted by Crippen LogP contribution is 2.06. The summed E-state index contributed by atoms with van der Waals surface area (Å²) in [5.74, 6) is 0.597. The predicted octanol–water partition coefficient (Wildman–Crippen LogP) is 2.28. The third-order valence-electron chi connectivity index (χ3n) is 3.15. The number of hydrogen-bond acceptors (Lipinski definition) is 3. The van der Waals surface area contributed by atoms with Crippen molar-refractivity contribution >= 4 is 5.96 Å². The van der Waals surface area contributed by atoms with E-state index in [9.17, 15) is 4.39 Å². The number of halogens is 1. The number of aliphatic imine (C=N–C) groups is 1. The Morgan fingerprint density at radius 3 is 2.83 bits per heavy atom. The molecule has 1 aromatic carbocycles. The van der Waals surface area contributed by atoms with Gasteiger partial charge in [-0.1, -0.05) is 12.1 Å². The Morgan fingerprint density at radius 2 is 2.13 bits per heavy atom. The molecule has 1 aromatic rings. The van der Waals surface area contributed by atoms with Crippen molar-refractivity contribution in [1.82, 2.24) is 10.2 Å². The van der Waals surface area contributed by atoms with Crippen molar-refractivity contribution in [1.29, 1.82) is 0 Å². The number of guanidine groups is 1. The van der Waals surface area contributed by atoms with Crippen molar-refractivity contribution in [2.75, 3.05) is 47.1 Å². The van der Waals surface area contributed by atoms with Crippen LogP contribution in [0, 0.1) is 5.82 Å². The lowest BCUT2D eigenvalue weighted by Gasteiger charge is -2.22. The maximum absolute atomic E-state index is 13.3. The summed E-state index contributed by atoms with van der Waals surface area (Å²) in [5.41, 5.74) is 0.918. The molecule has 0 saturated carbocycles. The standard InChI is InChI=1S/C17H28FN3O2/c1-4-19-17(20-9-6-10-23-12-11-22-3)21(2)14-15-7-5-8-16(18)13-15/h5,7-8,13H,4,6,9-12,14H2,1-3H3,(H,19,20). The van der Waals surface area contributed by atoms with Crippen molar-refractivity contribution in [3.8, 4) is 0 Å². The molecular formula is C17H28FN3O2. The lowest BCUT2D eigenvalue weighted by molar-refractivity contribution is 0.0702. The van der Waals surface area contributed by atoms with Crippen LogP contribution in [-0.4, -0.2) is 57.9 Å². The summed E-state index contributed by atoms with van der Waals surface area (Å²) < 4.78 is 23.6. The van der Waals surface area contributed by atoms with Crippen LogP contribution in [0.25, 0.3) is 0 Å². The van der Waals surface area contributed by atoms with Gasteiger partial charge in [-0.05, 0) is 31.0 Å². The fourth-order valence-corrected chi connectivity index (χ4v) is 2.05. The van der Waals surface area contributed by atoms with E-state index < -0.39 is 0 Å². The van der Waals surface area contributed by atoms with E-state index in [2.05, 4.69) is 10.3 Å². The molecule has 0 aliphatic heterocycles. The molecule has 0 spiro atoms. The van der Waals surface area contributed by atoms with E-state index in [-0.39, 0.29) is 5.82 Å². The van der Waals surface area contributed by atoms with E-state index in [1.165, 1.54) is 6.07 Å². The van der Waals surface area contributed by atoms with Crippen molar-refractivity contribution in [3.05, 3.63) is 35.6 Å². The zero-order valence-electron chi connectivity index (χ0n) is 14.3. The molecule has 0 unspecified atom stereocenters. The van der Waals surface area contributed by atoms with Gasteiger partial charge in [0, 0.05) is 40.4 Å². The molecule has 0 amide bonds. The second-order valence-corrected chi connectivity index (χ2v) is 5.18. The van der Waals surface area contributed by atoms with Crippen LogP contribution in [0.1, 0.15) is 18.9 Å². The maximum Gasteiger partial charge on any atom is 0.193 e. The smallest absolute Gasteiger partial charge is 0.193 e. The van der Waals surface area contributed by atoms with E-state index in [0.29, 0.717) is 32.9 Å². The van der Waals surface area contributed by atoms with Crippen LogP contribution < -0.4 is 5.32 Å². The highest BCUT2D eigenvalue weighted by atomic mass is 19.1. The number of hydrogen-bond donors (Lipinski definition) is 1. The van der Waals surface area contributed by atoms with Crippen LogP contribution in [0.15, 0.2) is 29.3 Å². The fourth-order valence-electron chi connectivity index (χ4n) is 2.05. The lowest BCUT2D eigenvalue weighted by Crippen LogP contribution is -2.38. The molecular weight excluding hydrogens is 297 g/mol. The first-order valence-corrected chi connectivity index (χ1v) is 7.98. The van der Waals surface area contributed by atoms with Gasteiger partial charge >= 0.3 is 0 Å². The highest BCUT2D eigenvalue weighted by molar-refractivity contribution is 5.79. The summed E-state index contributed by atoms with van der Waals surface area (Å²) in [6.45, 7) is 5.99. The Bertz CT molecular complexity index is 469. The molecule has 0 aliphatic carbocycles. The second-order valence-electron chi connectivity index (χ2n) is 5.18. The van der Waals surface area contributed by atoms with Gasteiger partial charge in [0.15, 0.2) is 5.96 Å². The van der Waals surface area contributed by atoms with Crippen molar-refractivity contribution in [3.63, 3.8) is 0 Å². The van der Waals surface area contributed by atoms with Crippen LogP contribution in [0.2, 0.25) is 0 Å². The SMILES string of the molecule is CCNC(=NCCCOCCOC)N(C)Cc1cccc(F)c1. The quantitative estimate of drug-likeness (QED) is 0.407. The van der Waals surface area contributed by atoms with Crippen LogP contribution in [-0.2, 0) is 16.0 Å². The monoisotopic (exact) mass is 325 g/mol. The predicted molar refractivity (Wildman–Crippen MR) is 91.2 cm³/mol. The molecule has 0 aromatic heterocycles. The van der Waals surface area contributed by atoms with Gasteiger partial charge in [-0.25, -0.2) is 4.39 Å². The van der Waals surface area contributed by atoms with Gasteiger partial charge in [0.25, 0.3) is 0 Å². The molecule has 130 valence electrons. The first kappa shape index (κ1) is 19.4. The van der Waals surface area contributed by atoms with Crippen LogP contribution in [0.4, 0.5) is 4.39 Å². The Kier molecular flexibility index (Phi) is 9.99. The minimum absolute atomic E-state index is 0.217. The minimum atomic E-state index is -0.217. The molecule has 1 rings (SSSR count). The molecule has 0 heterocycles. The minimum Gasteiger partial charge on any atom is -0.382 e. The molecule has 0 saturated heterocycles. The summed E-state index contributed by atoms with van der Waals surface area (Å²) in [6.07, 6.45) is 0.854. The molecule has 23 heavy (non-hydrogen) atoms. The molecule has 0 aliphatic rings. The summed E-state index contributed by atoms with van der Waals surface area (Å²) in [7, 11) is 3.60. The molecule has 0 atom stereocenters. The van der Waals surface area contributed by atoms with E-state index in [1.807, 2.05) is 24.9 Å². The average molecular weight is 325 g/mol. The third-order valence-corrected chi connectivity index (χ3v) is 3.15. The van der Waals surface area contributed by atoms with Crippen LogP contribution >= 0.6 is 0 Å². The normalized spacial score (nSPS) is 11.6. The molecule has 0 bridgehead atoms.